The number of aromatic nitrogens is 3. The van der Waals surface area contributed by atoms with E-state index in [1.807, 2.05) is 61.0 Å². The molecule has 0 saturated heterocycles. The minimum atomic E-state index is -0.123. The zero-order valence-electron chi connectivity index (χ0n) is 14.8. The Hall–Kier alpha value is -2.70. The molecule has 1 atom stereocenters. The SMILES string of the molecule is Cc1nn(-c2cccc(Cl)c2)c2sc(C(=O)NC(C)c3cccnc3)cc12. The van der Waals surface area contributed by atoms with Gasteiger partial charge in [0.1, 0.15) is 4.83 Å². The minimum absolute atomic E-state index is 0.107. The second-order valence-corrected chi connectivity index (χ2v) is 7.76. The van der Waals surface area contributed by atoms with Crippen molar-refractivity contribution in [1.82, 2.24) is 20.1 Å². The van der Waals surface area contributed by atoms with Crippen LogP contribution in [0.2, 0.25) is 5.02 Å². The average molecular weight is 397 g/mol. The van der Waals surface area contributed by atoms with Gasteiger partial charge in [0, 0.05) is 22.8 Å². The third kappa shape index (κ3) is 3.46. The van der Waals surface area contributed by atoms with Crippen molar-refractivity contribution in [2.75, 3.05) is 0 Å². The lowest BCUT2D eigenvalue weighted by atomic mass is 10.1. The Kier molecular flexibility index (Phi) is 4.68. The summed E-state index contributed by atoms with van der Waals surface area (Å²) in [6, 6.07) is 13.1. The average Bonchev–Trinajstić information content (AvgIpc) is 3.23. The fraction of sp³-hybridized carbons (Fsp3) is 0.150. The molecule has 0 radical (unpaired) electrons. The third-order valence-corrected chi connectivity index (χ3v) is 5.70. The van der Waals surface area contributed by atoms with Crippen LogP contribution in [-0.2, 0) is 0 Å². The summed E-state index contributed by atoms with van der Waals surface area (Å²) in [4.78, 5) is 18.4. The number of nitrogens with one attached hydrogen (secondary N) is 1. The molecule has 0 spiro atoms. The van der Waals surface area contributed by atoms with Crippen molar-refractivity contribution in [3.8, 4) is 5.69 Å². The molecule has 27 heavy (non-hydrogen) atoms. The van der Waals surface area contributed by atoms with Gasteiger partial charge in [-0.05, 0) is 49.7 Å². The lowest BCUT2D eigenvalue weighted by Gasteiger charge is -2.12. The molecule has 0 aliphatic rings. The molecule has 0 aliphatic carbocycles. The quantitative estimate of drug-likeness (QED) is 0.531. The zero-order chi connectivity index (χ0) is 19.0. The second kappa shape index (κ2) is 7.13. The first-order chi connectivity index (χ1) is 13.0. The van der Waals surface area contributed by atoms with E-state index in [2.05, 4.69) is 15.4 Å². The van der Waals surface area contributed by atoms with Crippen molar-refractivity contribution >= 4 is 39.1 Å². The number of rotatable bonds is 4. The highest BCUT2D eigenvalue weighted by Gasteiger charge is 2.19. The number of carbonyl (C=O) groups is 1. The standard InChI is InChI=1S/C20H17ClN4OS/c1-12(14-5-4-8-22-11-14)23-19(26)18-10-17-13(2)24-25(20(17)27-18)16-7-3-6-15(21)9-16/h3-12H,1-2H3,(H,23,26). The van der Waals surface area contributed by atoms with Gasteiger partial charge >= 0.3 is 0 Å². The van der Waals surface area contributed by atoms with Crippen LogP contribution in [0.3, 0.4) is 0 Å². The number of thiophene rings is 1. The maximum absolute atomic E-state index is 12.7. The summed E-state index contributed by atoms with van der Waals surface area (Å²) >= 11 is 7.54. The Morgan fingerprint density at radius 3 is 2.85 bits per heavy atom. The van der Waals surface area contributed by atoms with Crippen LogP contribution in [0.4, 0.5) is 0 Å². The van der Waals surface area contributed by atoms with E-state index >= 15 is 0 Å². The molecule has 1 N–H and O–H groups in total. The number of amides is 1. The van der Waals surface area contributed by atoms with Gasteiger partial charge in [0.25, 0.3) is 5.91 Å². The molecular formula is C20H17ClN4OS. The van der Waals surface area contributed by atoms with Crippen LogP contribution in [0.25, 0.3) is 15.9 Å². The number of hydrogen-bond donors (Lipinski definition) is 1. The maximum atomic E-state index is 12.7. The molecular weight excluding hydrogens is 380 g/mol. The van der Waals surface area contributed by atoms with Gasteiger partial charge in [-0.3, -0.25) is 9.78 Å². The van der Waals surface area contributed by atoms with E-state index in [0.717, 1.165) is 27.2 Å². The Morgan fingerprint density at radius 2 is 2.11 bits per heavy atom. The Bertz CT molecular complexity index is 1120. The largest absolute Gasteiger partial charge is 0.345 e. The van der Waals surface area contributed by atoms with E-state index < -0.39 is 0 Å². The van der Waals surface area contributed by atoms with Crippen molar-refractivity contribution in [3.05, 3.63) is 76.0 Å². The summed E-state index contributed by atoms with van der Waals surface area (Å²) < 4.78 is 1.84. The third-order valence-electron chi connectivity index (χ3n) is 4.35. The molecule has 3 aromatic heterocycles. The van der Waals surface area contributed by atoms with E-state index in [1.54, 1.807) is 12.4 Å². The van der Waals surface area contributed by atoms with Gasteiger partial charge in [-0.2, -0.15) is 5.10 Å². The van der Waals surface area contributed by atoms with Gasteiger partial charge in [0.05, 0.1) is 22.3 Å². The summed E-state index contributed by atoms with van der Waals surface area (Å²) in [5.41, 5.74) is 2.71. The summed E-state index contributed by atoms with van der Waals surface area (Å²) in [7, 11) is 0. The van der Waals surface area contributed by atoms with Gasteiger partial charge in [-0.15, -0.1) is 11.3 Å². The van der Waals surface area contributed by atoms with Crippen molar-refractivity contribution in [3.63, 3.8) is 0 Å². The van der Waals surface area contributed by atoms with E-state index in [1.165, 1.54) is 11.3 Å². The normalized spacial score (nSPS) is 12.3. The monoisotopic (exact) mass is 396 g/mol. The predicted molar refractivity (Wildman–Crippen MR) is 109 cm³/mol. The fourth-order valence-corrected chi connectivity index (χ4v) is 4.20. The number of pyridine rings is 1. The Balaban J connectivity index is 1.66. The van der Waals surface area contributed by atoms with E-state index in [-0.39, 0.29) is 11.9 Å². The first kappa shape index (κ1) is 17.7. The van der Waals surface area contributed by atoms with Crippen LogP contribution in [-0.4, -0.2) is 20.7 Å². The summed E-state index contributed by atoms with van der Waals surface area (Å²) in [5, 5.41) is 9.25. The summed E-state index contributed by atoms with van der Waals surface area (Å²) in [5.74, 6) is -0.107. The van der Waals surface area contributed by atoms with E-state index in [0.29, 0.717) is 9.90 Å². The van der Waals surface area contributed by atoms with Crippen LogP contribution >= 0.6 is 22.9 Å². The van der Waals surface area contributed by atoms with Crippen LogP contribution in [0.1, 0.15) is 33.9 Å². The summed E-state index contributed by atoms with van der Waals surface area (Å²) in [6.45, 7) is 3.89. The van der Waals surface area contributed by atoms with Crippen LogP contribution in [0.5, 0.6) is 0 Å². The van der Waals surface area contributed by atoms with E-state index in [4.69, 9.17) is 11.6 Å². The van der Waals surface area contributed by atoms with Gasteiger partial charge in [0.2, 0.25) is 0 Å². The van der Waals surface area contributed by atoms with Crippen LogP contribution < -0.4 is 5.32 Å². The number of carbonyl (C=O) groups excluding carboxylic acids is 1. The number of halogens is 1. The van der Waals surface area contributed by atoms with Crippen molar-refractivity contribution in [2.24, 2.45) is 0 Å². The lowest BCUT2D eigenvalue weighted by Crippen LogP contribution is -2.25. The van der Waals surface area contributed by atoms with Crippen LogP contribution in [0, 0.1) is 6.92 Å². The number of hydrogen-bond acceptors (Lipinski definition) is 4. The molecule has 1 unspecified atom stereocenters. The van der Waals surface area contributed by atoms with Gasteiger partial charge < -0.3 is 5.32 Å². The lowest BCUT2D eigenvalue weighted by molar-refractivity contribution is 0.0944. The molecule has 4 aromatic rings. The molecule has 5 nitrogen and oxygen atoms in total. The second-order valence-electron chi connectivity index (χ2n) is 6.29. The smallest absolute Gasteiger partial charge is 0.261 e. The predicted octanol–water partition coefficient (Wildman–Crippen LogP) is 4.93. The molecule has 0 saturated carbocycles. The van der Waals surface area contributed by atoms with Gasteiger partial charge in [-0.1, -0.05) is 23.7 Å². The number of nitrogens with zero attached hydrogens (tertiary/aromatic N) is 3. The molecule has 0 bridgehead atoms. The number of benzene rings is 1. The molecule has 136 valence electrons. The zero-order valence-corrected chi connectivity index (χ0v) is 16.4. The molecule has 4 rings (SSSR count). The van der Waals surface area contributed by atoms with E-state index in [9.17, 15) is 4.79 Å². The number of fused-ring (bicyclic) bond motifs is 1. The number of aryl methyl sites for hydroxylation is 1. The Labute approximate surface area is 165 Å². The highest BCUT2D eigenvalue weighted by atomic mass is 35.5. The highest BCUT2D eigenvalue weighted by Crippen LogP contribution is 2.31. The van der Waals surface area contributed by atoms with Crippen LogP contribution in [0.15, 0.2) is 54.9 Å². The minimum Gasteiger partial charge on any atom is -0.345 e. The van der Waals surface area contributed by atoms with Gasteiger partial charge in [-0.25, -0.2) is 4.68 Å². The van der Waals surface area contributed by atoms with Crippen molar-refractivity contribution in [1.29, 1.82) is 0 Å². The van der Waals surface area contributed by atoms with Crippen molar-refractivity contribution in [2.45, 2.75) is 19.9 Å². The maximum Gasteiger partial charge on any atom is 0.261 e. The fourth-order valence-electron chi connectivity index (χ4n) is 2.93. The molecule has 0 aliphatic heterocycles. The topological polar surface area (TPSA) is 59.8 Å². The summed E-state index contributed by atoms with van der Waals surface area (Å²) in [6.07, 6.45) is 3.48. The first-order valence-electron chi connectivity index (χ1n) is 8.49. The Morgan fingerprint density at radius 1 is 1.26 bits per heavy atom. The van der Waals surface area contributed by atoms with Gasteiger partial charge in [0.15, 0.2) is 0 Å². The highest BCUT2D eigenvalue weighted by molar-refractivity contribution is 7.20. The molecule has 1 aromatic carbocycles. The molecule has 0 fully saturated rings. The molecule has 3 heterocycles. The molecule has 7 heteroatoms. The molecule has 1 amide bonds. The van der Waals surface area contributed by atoms with Crippen molar-refractivity contribution < 1.29 is 4.79 Å². The first-order valence-corrected chi connectivity index (χ1v) is 9.68.